The summed E-state index contributed by atoms with van der Waals surface area (Å²) >= 11 is 0. The van der Waals surface area contributed by atoms with Gasteiger partial charge in [-0.2, -0.15) is 5.10 Å². The zero-order valence-corrected chi connectivity index (χ0v) is 14.3. The quantitative estimate of drug-likeness (QED) is 0.419. The van der Waals surface area contributed by atoms with Gasteiger partial charge in [0.05, 0.1) is 12.8 Å². The molecule has 3 N–H and O–H groups in total. The van der Waals surface area contributed by atoms with Crippen molar-refractivity contribution >= 4 is 28.9 Å². The number of nitrogens with zero attached hydrogens (tertiary/aromatic N) is 2. The first-order valence-electron chi connectivity index (χ1n) is 7.62. The monoisotopic (exact) mass is 354 g/mol. The summed E-state index contributed by atoms with van der Waals surface area (Å²) in [6.07, 6.45) is 0. The highest BCUT2D eigenvalue weighted by atomic mass is 16.5. The van der Waals surface area contributed by atoms with Crippen LogP contribution < -0.4 is 15.5 Å². The number of amides is 2. The molecule has 0 heterocycles. The van der Waals surface area contributed by atoms with Crippen LogP contribution in [0.3, 0.4) is 0 Å². The van der Waals surface area contributed by atoms with E-state index in [4.69, 9.17) is 9.94 Å². The molecule has 0 saturated heterocycles. The van der Waals surface area contributed by atoms with Crippen molar-refractivity contribution < 1.29 is 19.5 Å². The topological polar surface area (TPSA) is 112 Å². The molecule has 0 bridgehead atoms. The minimum absolute atomic E-state index is 0.0443. The molecule has 0 aliphatic heterocycles. The van der Waals surface area contributed by atoms with E-state index in [9.17, 15) is 9.59 Å². The zero-order valence-electron chi connectivity index (χ0n) is 14.3. The number of benzene rings is 2. The predicted molar refractivity (Wildman–Crippen MR) is 97.9 cm³/mol. The zero-order chi connectivity index (χ0) is 18.9. The van der Waals surface area contributed by atoms with Gasteiger partial charge in [0.2, 0.25) is 0 Å². The van der Waals surface area contributed by atoms with Gasteiger partial charge in [-0.3, -0.25) is 9.59 Å². The van der Waals surface area contributed by atoms with Crippen LogP contribution in [-0.2, 0) is 4.79 Å². The van der Waals surface area contributed by atoms with Crippen LogP contribution in [0.1, 0.15) is 17.3 Å². The first-order chi connectivity index (χ1) is 12.5. The van der Waals surface area contributed by atoms with E-state index in [1.54, 1.807) is 54.6 Å². The number of hydrazone groups is 1. The van der Waals surface area contributed by atoms with Crippen LogP contribution in [0.2, 0.25) is 0 Å². The lowest BCUT2D eigenvalue weighted by Gasteiger charge is -2.07. The Morgan fingerprint density at radius 2 is 1.69 bits per heavy atom. The number of carbonyl (C=O) groups is 2. The van der Waals surface area contributed by atoms with Crippen molar-refractivity contribution in [1.29, 1.82) is 0 Å². The number of hydrogen-bond donors (Lipinski definition) is 3. The Hall–Kier alpha value is -3.68. The molecule has 134 valence electrons. The Morgan fingerprint density at radius 3 is 2.27 bits per heavy atom. The van der Waals surface area contributed by atoms with E-state index in [1.807, 2.05) is 0 Å². The highest BCUT2D eigenvalue weighted by Crippen LogP contribution is 2.11. The third-order valence-electron chi connectivity index (χ3n) is 3.37. The third-order valence-corrected chi connectivity index (χ3v) is 3.37. The molecule has 2 aromatic carbocycles. The number of hydrogen-bond acceptors (Lipinski definition) is 6. The van der Waals surface area contributed by atoms with Gasteiger partial charge in [-0.25, -0.2) is 5.43 Å². The Labute approximate surface area is 150 Å². The number of nitrogens with one attached hydrogen (secondary N) is 2. The summed E-state index contributed by atoms with van der Waals surface area (Å²) in [5.41, 5.74) is 2.93. The summed E-state index contributed by atoms with van der Waals surface area (Å²) < 4.78 is 5.02. The second-order valence-corrected chi connectivity index (χ2v) is 5.14. The molecule has 0 fully saturated rings. The average molecular weight is 354 g/mol. The molecule has 0 saturated carbocycles. The van der Waals surface area contributed by atoms with Gasteiger partial charge in [0.1, 0.15) is 5.75 Å². The average Bonchev–Trinajstić information content (AvgIpc) is 2.67. The molecule has 2 aromatic rings. The molecule has 0 aliphatic rings. The van der Waals surface area contributed by atoms with Crippen LogP contribution >= 0.6 is 0 Å². The summed E-state index contributed by atoms with van der Waals surface area (Å²) in [6, 6.07) is 15.1. The van der Waals surface area contributed by atoms with Crippen LogP contribution in [0.25, 0.3) is 0 Å². The maximum absolute atomic E-state index is 12.2. The normalized spacial score (nSPS) is 11.6. The van der Waals surface area contributed by atoms with Crippen molar-refractivity contribution in [3.8, 4) is 5.75 Å². The minimum atomic E-state index is -0.654. The molecule has 2 amide bonds. The second kappa shape index (κ2) is 8.97. The van der Waals surface area contributed by atoms with Gasteiger partial charge in [-0.1, -0.05) is 23.4 Å². The molecule has 0 radical (unpaired) electrons. The summed E-state index contributed by atoms with van der Waals surface area (Å²) in [4.78, 5) is 24.2. The van der Waals surface area contributed by atoms with Crippen LogP contribution in [0, 0.1) is 0 Å². The van der Waals surface area contributed by atoms with Crippen LogP contribution in [0.4, 0.5) is 5.69 Å². The molecular weight excluding hydrogens is 336 g/mol. The van der Waals surface area contributed by atoms with Gasteiger partial charge in [0.25, 0.3) is 11.8 Å². The Kier molecular flexibility index (Phi) is 6.44. The molecule has 8 heteroatoms. The second-order valence-electron chi connectivity index (χ2n) is 5.14. The molecule has 26 heavy (non-hydrogen) atoms. The van der Waals surface area contributed by atoms with Gasteiger partial charge < -0.3 is 15.3 Å². The Balaban J connectivity index is 2.03. The molecule has 0 atom stereocenters. The number of methoxy groups -OCH3 is 1. The van der Waals surface area contributed by atoms with Crippen molar-refractivity contribution in [1.82, 2.24) is 5.43 Å². The van der Waals surface area contributed by atoms with Crippen LogP contribution in [0.5, 0.6) is 5.75 Å². The van der Waals surface area contributed by atoms with Crippen molar-refractivity contribution in [3.05, 3.63) is 60.2 Å². The highest BCUT2D eigenvalue weighted by molar-refractivity contribution is 6.68. The summed E-state index contributed by atoms with van der Waals surface area (Å²) in [7, 11) is 1.53. The lowest BCUT2D eigenvalue weighted by molar-refractivity contribution is -0.110. The molecule has 0 aliphatic carbocycles. The number of para-hydroxylation sites is 1. The number of carbonyl (C=O) groups excluding carboxylic acids is 2. The minimum Gasteiger partial charge on any atom is -0.497 e. The van der Waals surface area contributed by atoms with Crippen molar-refractivity contribution in [3.63, 3.8) is 0 Å². The van der Waals surface area contributed by atoms with E-state index >= 15 is 0 Å². The van der Waals surface area contributed by atoms with Crippen molar-refractivity contribution in [2.45, 2.75) is 6.92 Å². The standard InChI is InChI=1S/C18H18N4O4/c1-12(16(22-25)18(24)19-14-6-4-3-5-7-14)20-21-17(23)13-8-10-15(26-2)11-9-13/h3-11,25H,1-2H3,(H,19,24)(H,21,23)/b20-12-,22-16+. The lowest BCUT2D eigenvalue weighted by atomic mass is 10.2. The number of rotatable bonds is 6. The largest absolute Gasteiger partial charge is 0.497 e. The van der Waals surface area contributed by atoms with Gasteiger partial charge in [-0.05, 0) is 43.3 Å². The van der Waals surface area contributed by atoms with Crippen molar-refractivity contribution in [2.75, 3.05) is 12.4 Å². The SMILES string of the molecule is COc1ccc(C(=O)N/N=C(C)\C(=N/O)C(=O)Nc2ccccc2)cc1. The summed E-state index contributed by atoms with van der Waals surface area (Å²) in [5, 5.41) is 18.4. The first-order valence-corrected chi connectivity index (χ1v) is 7.62. The van der Waals surface area contributed by atoms with E-state index < -0.39 is 11.8 Å². The van der Waals surface area contributed by atoms with Crippen LogP contribution in [-0.4, -0.2) is 35.6 Å². The van der Waals surface area contributed by atoms with E-state index in [1.165, 1.54) is 14.0 Å². The van der Waals surface area contributed by atoms with Gasteiger partial charge in [-0.15, -0.1) is 0 Å². The van der Waals surface area contributed by atoms with Crippen LogP contribution in [0.15, 0.2) is 64.9 Å². The number of oxime groups is 1. The molecule has 8 nitrogen and oxygen atoms in total. The van der Waals surface area contributed by atoms with E-state index in [0.29, 0.717) is 17.0 Å². The predicted octanol–water partition coefficient (Wildman–Crippen LogP) is 2.27. The fourth-order valence-electron chi connectivity index (χ4n) is 1.99. The van der Waals surface area contributed by atoms with Gasteiger partial charge in [0.15, 0.2) is 5.71 Å². The molecular formula is C18H18N4O4. The third kappa shape index (κ3) is 4.91. The smallest absolute Gasteiger partial charge is 0.279 e. The maximum Gasteiger partial charge on any atom is 0.279 e. The Bertz CT molecular complexity index is 830. The van der Waals surface area contributed by atoms with Gasteiger partial charge in [0, 0.05) is 11.3 Å². The first kappa shape index (κ1) is 18.7. The van der Waals surface area contributed by atoms with E-state index in [0.717, 1.165) is 0 Å². The molecule has 2 rings (SSSR count). The van der Waals surface area contributed by atoms with E-state index in [-0.39, 0.29) is 11.4 Å². The Morgan fingerprint density at radius 1 is 1.04 bits per heavy atom. The molecule has 0 spiro atoms. The fraction of sp³-hybridized carbons (Fsp3) is 0.111. The number of anilines is 1. The fourth-order valence-corrected chi connectivity index (χ4v) is 1.99. The van der Waals surface area contributed by atoms with Crippen molar-refractivity contribution in [2.24, 2.45) is 10.3 Å². The number of ether oxygens (including phenoxy) is 1. The van der Waals surface area contributed by atoms with E-state index in [2.05, 4.69) is 21.0 Å². The molecule has 0 unspecified atom stereocenters. The summed E-state index contributed by atoms with van der Waals surface area (Å²) in [6.45, 7) is 1.44. The molecule has 0 aromatic heterocycles. The maximum atomic E-state index is 12.2. The summed E-state index contributed by atoms with van der Waals surface area (Å²) in [5.74, 6) is -0.514. The van der Waals surface area contributed by atoms with Gasteiger partial charge >= 0.3 is 0 Å². The lowest BCUT2D eigenvalue weighted by Crippen LogP contribution is -2.31. The highest BCUT2D eigenvalue weighted by Gasteiger charge is 2.16.